The summed E-state index contributed by atoms with van der Waals surface area (Å²) < 4.78 is 0. The number of fused-ring (bicyclic) bond motifs is 1. The predicted molar refractivity (Wildman–Crippen MR) is 73.2 cm³/mol. The van der Waals surface area contributed by atoms with Crippen molar-refractivity contribution >= 4 is 0 Å². The summed E-state index contributed by atoms with van der Waals surface area (Å²) in [6.07, 6.45) is 6.25. The fourth-order valence-corrected chi connectivity index (χ4v) is 2.84. The first-order chi connectivity index (χ1) is 8.22. The maximum atomic E-state index is 5.72. The molecule has 1 atom stereocenters. The highest BCUT2D eigenvalue weighted by Gasteiger charge is 2.16. The molecule has 0 spiro atoms. The van der Waals surface area contributed by atoms with Crippen molar-refractivity contribution in [2.75, 3.05) is 20.6 Å². The van der Waals surface area contributed by atoms with Gasteiger partial charge >= 0.3 is 0 Å². The summed E-state index contributed by atoms with van der Waals surface area (Å²) in [5.74, 6) is 0. The molecule has 94 valence electrons. The Balaban J connectivity index is 2.25. The van der Waals surface area contributed by atoms with Gasteiger partial charge in [-0.25, -0.2) is 0 Å². The van der Waals surface area contributed by atoms with Crippen molar-refractivity contribution in [3.05, 3.63) is 34.9 Å². The number of nitrogens with zero attached hydrogens (tertiary/aromatic N) is 1. The van der Waals surface area contributed by atoms with Crippen molar-refractivity contribution in [1.29, 1.82) is 0 Å². The Bertz CT molecular complexity index is 371. The lowest BCUT2D eigenvalue weighted by Gasteiger charge is -2.26. The van der Waals surface area contributed by atoms with Gasteiger partial charge in [0.2, 0.25) is 0 Å². The van der Waals surface area contributed by atoms with Gasteiger partial charge in [0.1, 0.15) is 0 Å². The van der Waals surface area contributed by atoms with E-state index in [1.165, 1.54) is 31.2 Å². The van der Waals surface area contributed by atoms with E-state index in [-0.39, 0.29) is 0 Å². The molecule has 0 aromatic heterocycles. The van der Waals surface area contributed by atoms with Crippen LogP contribution in [0.3, 0.4) is 0 Å². The average Bonchev–Trinajstić information content (AvgIpc) is 2.35. The first-order valence-corrected chi connectivity index (χ1v) is 6.70. The van der Waals surface area contributed by atoms with Crippen molar-refractivity contribution in [1.82, 2.24) is 4.90 Å². The molecule has 2 N–H and O–H groups in total. The summed E-state index contributed by atoms with van der Waals surface area (Å²) in [5.41, 5.74) is 10.3. The highest BCUT2D eigenvalue weighted by atomic mass is 15.1. The minimum Gasteiger partial charge on any atom is -0.330 e. The van der Waals surface area contributed by atoms with Crippen molar-refractivity contribution in [2.45, 2.75) is 38.1 Å². The van der Waals surface area contributed by atoms with Crippen LogP contribution in [0.2, 0.25) is 0 Å². The summed E-state index contributed by atoms with van der Waals surface area (Å²) in [7, 11) is 4.28. The molecular formula is C15H24N2. The van der Waals surface area contributed by atoms with Gasteiger partial charge in [-0.1, -0.05) is 18.2 Å². The van der Waals surface area contributed by atoms with Gasteiger partial charge in [-0.15, -0.1) is 0 Å². The lowest BCUT2D eigenvalue weighted by molar-refractivity contribution is 0.287. The van der Waals surface area contributed by atoms with Gasteiger partial charge in [-0.3, -0.25) is 0 Å². The fourth-order valence-electron chi connectivity index (χ4n) is 2.84. The number of hydrogen-bond acceptors (Lipinski definition) is 2. The third kappa shape index (κ3) is 2.88. The molecule has 1 aliphatic rings. The van der Waals surface area contributed by atoms with Gasteiger partial charge < -0.3 is 10.6 Å². The number of hydrogen-bond donors (Lipinski definition) is 1. The van der Waals surface area contributed by atoms with E-state index in [0.29, 0.717) is 6.04 Å². The number of aryl methyl sites for hydroxylation is 2. The standard InChI is InChI=1S/C15H24N2/c1-17(2)15(9-10-16)14-8-7-12-5-3-4-6-13(12)11-14/h7-8,11,15H,3-6,9-10,16H2,1-2H3. The Labute approximate surface area is 105 Å². The van der Waals surface area contributed by atoms with Crippen LogP contribution >= 0.6 is 0 Å². The Kier molecular flexibility index (Phi) is 4.19. The Morgan fingerprint density at radius 3 is 2.53 bits per heavy atom. The smallest absolute Gasteiger partial charge is 0.0354 e. The maximum Gasteiger partial charge on any atom is 0.0354 e. The molecule has 1 aliphatic carbocycles. The summed E-state index contributed by atoms with van der Waals surface area (Å²) in [5, 5.41) is 0. The molecule has 0 bridgehead atoms. The molecule has 1 aromatic rings. The van der Waals surface area contributed by atoms with E-state index < -0.39 is 0 Å². The molecule has 0 amide bonds. The first-order valence-electron chi connectivity index (χ1n) is 6.70. The Morgan fingerprint density at radius 2 is 1.88 bits per heavy atom. The Morgan fingerprint density at radius 1 is 1.18 bits per heavy atom. The molecule has 1 aromatic carbocycles. The molecule has 0 aliphatic heterocycles. The van der Waals surface area contributed by atoms with Crippen LogP contribution in [-0.2, 0) is 12.8 Å². The van der Waals surface area contributed by atoms with Crippen LogP contribution in [0.4, 0.5) is 0 Å². The first kappa shape index (κ1) is 12.6. The van der Waals surface area contributed by atoms with E-state index in [1.807, 2.05) is 0 Å². The number of benzene rings is 1. The van der Waals surface area contributed by atoms with Gasteiger partial charge in [-0.2, -0.15) is 0 Å². The third-order valence-corrected chi connectivity index (χ3v) is 3.82. The zero-order valence-electron chi connectivity index (χ0n) is 11.1. The minimum absolute atomic E-state index is 0.465. The summed E-state index contributed by atoms with van der Waals surface area (Å²) in [6.45, 7) is 0.750. The zero-order valence-corrected chi connectivity index (χ0v) is 11.1. The second kappa shape index (κ2) is 5.65. The second-order valence-corrected chi connectivity index (χ2v) is 5.29. The normalized spacial score (nSPS) is 16.9. The van der Waals surface area contributed by atoms with Crippen LogP contribution in [0.5, 0.6) is 0 Å². The molecule has 17 heavy (non-hydrogen) atoms. The van der Waals surface area contributed by atoms with Crippen molar-refractivity contribution in [3.8, 4) is 0 Å². The third-order valence-electron chi connectivity index (χ3n) is 3.82. The summed E-state index contributed by atoms with van der Waals surface area (Å²) >= 11 is 0. The summed E-state index contributed by atoms with van der Waals surface area (Å²) in [4.78, 5) is 2.28. The molecule has 2 heteroatoms. The lowest BCUT2D eigenvalue weighted by Crippen LogP contribution is -2.23. The van der Waals surface area contributed by atoms with E-state index in [0.717, 1.165) is 13.0 Å². The molecule has 2 nitrogen and oxygen atoms in total. The van der Waals surface area contributed by atoms with Crippen molar-refractivity contribution in [2.24, 2.45) is 5.73 Å². The molecule has 0 fully saturated rings. The van der Waals surface area contributed by atoms with Gasteiger partial charge in [0.15, 0.2) is 0 Å². The monoisotopic (exact) mass is 232 g/mol. The molecule has 0 saturated heterocycles. The van der Waals surface area contributed by atoms with Crippen molar-refractivity contribution in [3.63, 3.8) is 0 Å². The van der Waals surface area contributed by atoms with E-state index in [2.05, 4.69) is 37.2 Å². The topological polar surface area (TPSA) is 29.3 Å². The average molecular weight is 232 g/mol. The van der Waals surface area contributed by atoms with E-state index in [1.54, 1.807) is 11.1 Å². The van der Waals surface area contributed by atoms with Gasteiger partial charge in [0.25, 0.3) is 0 Å². The molecule has 2 rings (SSSR count). The molecule has 0 heterocycles. The van der Waals surface area contributed by atoms with Crippen LogP contribution in [0.1, 0.15) is 42.0 Å². The van der Waals surface area contributed by atoms with Crippen LogP contribution in [-0.4, -0.2) is 25.5 Å². The van der Waals surface area contributed by atoms with Crippen LogP contribution in [0.15, 0.2) is 18.2 Å². The quantitative estimate of drug-likeness (QED) is 0.864. The summed E-state index contributed by atoms with van der Waals surface area (Å²) in [6, 6.07) is 7.50. The minimum atomic E-state index is 0.465. The molecular weight excluding hydrogens is 208 g/mol. The highest BCUT2D eigenvalue weighted by molar-refractivity contribution is 5.35. The SMILES string of the molecule is CN(C)C(CCN)c1ccc2c(c1)CCCC2. The van der Waals surface area contributed by atoms with Crippen LogP contribution in [0.25, 0.3) is 0 Å². The highest BCUT2D eigenvalue weighted by Crippen LogP contribution is 2.27. The Hall–Kier alpha value is -0.860. The zero-order chi connectivity index (χ0) is 12.3. The molecule has 1 unspecified atom stereocenters. The number of rotatable bonds is 4. The van der Waals surface area contributed by atoms with Gasteiger partial charge in [-0.05, 0) is 69.4 Å². The molecule has 0 radical (unpaired) electrons. The van der Waals surface area contributed by atoms with E-state index in [9.17, 15) is 0 Å². The maximum absolute atomic E-state index is 5.72. The van der Waals surface area contributed by atoms with E-state index >= 15 is 0 Å². The van der Waals surface area contributed by atoms with Crippen LogP contribution in [0, 0.1) is 0 Å². The van der Waals surface area contributed by atoms with Gasteiger partial charge in [0, 0.05) is 6.04 Å². The van der Waals surface area contributed by atoms with Crippen molar-refractivity contribution < 1.29 is 0 Å². The predicted octanol–water partition coefficient (Wildman–Crippen LogP) is 2.52. The van der Waals surface area contributed by atoms with E-state index in [4.69, 9.17) is 5.73 Å². The fraction of sp³-hybridized carbons (Fsp3) is 0.600. The second-order valence-electron chi connectivity index (χ2n) is 5.29. The van der Waals surface area contributed by atoms with Crippen LogP contribution < -0.4 is 5.73 Å². The molecule has 0 saturated carbocycles. The lowest BCUT2D eigenvalue weighted by atomic mass is 9.88. The largest absolute Gasteiger partial charge is 0.330 e. The van der Waals surface area contributed by atoms with Gasteiger partial charge in [0.05, 0.1) is 0 Å². The number of nitrogens with two attached hydrogens (primary N) is 1.